The van der Waals surface area contributed by atoms with Crippen LogP contribution >= 0.6 is 11.6 Å². The summed E-state index contributed by atoms with van der Waals surface area (Å²) >= 11 is 6.04. The highest BCUT2D eigenvalue weighted by Gasteiger charge is 2.30. The number of anilines is 3. The first-order chi connectivity index (χ1) is 20.7. The fraction of sp³-hybridized carbons (Fsp3) is 0.300. The van der Waals surface area contributed by atoms with Crippen LogP contribution in [0.2, 0.25) is 5.02 Å². The monoisotopic (exact) mass is 609 g/mol. The van der Waals surface area contributed by atoms with Crippen LogP contribution in [0.1, 0.15) is 42.9 Å². The molecule has 1 aromatic heterocycles. The fourth-order valence-corrected chi connectivity index (χ4v) is 5.27. The number of rotatable bonds is 2. The van der Waals surface area contributed by atoms with Gasteiger partial charge < -0.3 is 19.7 Å². The molecule has 11 nitrogen and oxygen atoms in total. The van der Waals surface area contributed by atoms with Gasteiger partial charge in [0.25, 0.3) is 0 Å². The zero-order chi connectivity index (χ0) is 30.5. The van der Waals surface area contributed by atoms with E-state index in [1.165, 1.54) is 24.1 Å². The normalized spacial score (nSPS) is 17.1. The van der Waals surface area contributed by atoms with Gasteiger partial charge in [-0.1, -0.05) is 24.1 Å². The van der Waals surface area contributed by atoms with Crippen LogP contribution in [0.15, 0.2) is 48.5 Å². The minimum atomic E-state index is -0.764. The molecular weight excluding hydrogens is 581 g/mol. The predicted octanol–water partition coefficient (Wildman–Crippen LogP) is 5.91. The molecule has 3 heterocycles. The summed E-state index contributed by atoms with van der Waals surface area (Å²) in [5.74, 6) is -2.01. The van der Waals surface area contributed by atoms with Gasteiger partial charge in [-0.05, 0) is 55.3 Å². The standard InChI is InChI=1S/C30H29ClFN5O6/c1-42-29(40)33-17-9-10-18-22-6-4-7-23(34-22)19(5-2-3-8-26(38)35-25(18)15-17)28(39)37-13-14-43-30(41)36-24-12-11-21(31)27(32)20(24)16-37/h4,6-7,9-12,15,19H,2-3,5,8,13-14,16H2,1H3,(H,33,40)(H,35,38)(H,36,41)/t19-/m1/s1. The number of cyclic esters (lactones) is 1. The molecule has 0 saturated carbocycles. The Morgan fingerprint density at radius 2 is 1.95 bits per heavy atom. The molecule has 2 bridgehead atoms. The quantitative estimate of drug-likeness (QED) is 0.328. The van der Waals surface area contributed by atoms with E-state index < -0.39 is 23.9 Å². The third kappa shape index (κ3) is 6.86. The molecule has 0 unspecified atom stereocenters. The first-order valence-electron chi connectivity index (χ1n) is 13.7. The summed E-state index contributed by atoms with van der Waals surface area (Å²) in [5.41, 5.74) is 2.66. The molecule has 2 aromatic carbocycles. The predicted molar refractivity (Wildman–Crippen MR) is 157 cm³/mol. The SMILES string of the molecule is COC(=O)Nc1ccc2c(c1)NC(=O)CCCC[C@@H](C(=O)N1CCOC(=O)Nc3ccc(Cl)c(F)c3C1)c1cccc-2n1. The number of benzene rings is 2. The number of carbonyl (C=O) groups is 4. The zero-order valence-corrected chi connectivity index (χ0v) is 24.0. The molecule has 0 saturated heterocycles. The Hall–Kier alpha value is -4.71. The van der Waals surface area contributed by atoms with Crippen LogP contribution < -0.4 is 16.0 Å². The van der Waals surface area contributed by atoms with Gasteiger partial charge >= 0.3 is 12.2 Å². The summed E-state index contributed by atoms with van der Waals surface area (Å²) in [5, 5.41) is 7.87. The number of hydrogen-bond donors (Lipinski definition) is 3. The Morgan fingerprint density at radius 3 is 2.77 bits per heavy atom. The molecule has 2 aliphatic rings. The topological polar surface area (TPSA) is 139 Å². The lowest BCUT2D eigenvalue weighted by molar-refractivity contribution is -0.134. The Labute approximate surface area is 251 Å². The van der Waals surface area contributed by atoms with Gasteiger partial charge in [0.15, 0.2) is 0 Å². The molecule has 43 heavy (non-hydrogen) atoms. The van der Waals surface area contributed by atoms with Crippen molar-refractivity contribution in [1.29, 1.82) is 0 Å². The van der Waals surface area contributed by atoms with Crippen molar-refractivity contribution < 1.29 is 33.0 Å². The number of halogens is 2. The third-order valence-electron chi connectivity index (χ3n) is 7.26. The smallest absolute Gasteiger partial charge is 0.411 e. The molecule has 3 aromatic rings. The number of hydrogen-bond acceptors (Lipinski definition) is 7. The molecule has 1 atom stereocenters. The molecule has 5 rings (SSSR count). The Morgan fingerprint density at radius 1 is 1.12 bits per heavy atom. The highest BCUT2D eigenvalue weighted by Crippen LogP contribution is 2.34. The number of nitrogens with zero attached hydrogens (tertiary/aromatic N) is 2. The van der Waals surface area contributed by atoms with Gasteiger partial charge in [-0.15, -0.1) is 0 Å². The van der Waals surface area contributed by atoms with Gasteiger partial charge in [-0.3, -0.25) is 25.2 Å². The van der Waals surface area contributed by atoms with Gasteiger partial charge in [-0.2, -0.15) is 0 Å². The van der Waals surface area contributed by atoms with E-state index in [1.807, 2.05) is 0 Å². The van der Waals surface area contributed by atoms with Crippen LogP contribution in [0.5, 0.6) is 0 Å². The van der Waals surface area contributed by atoms with Crippen LogP contribution in [0.25, 0.3) is 11.3 Å². The van der Waals surface area contributed by atoms with Crippen molar-refractivity contribution in [3.63, 3.8) is 0 Å². The third-order valence-corrected chi connectivity index (χ3v) is 7.55. The summed E-state index contributed by atoms with van der Waals surface area (Å²) in [6.07, 6.45) is 0.207. The van der Waals surface area contributed by atoms with Crippen molar-refractivity contribution in [3.8, 4) is 11.3 Å². The number of aromatic nitrogens is 1. The van der Waals surface area contributed by atoms with Crippen LogP contribution in [-0.4, -0.2) is 54.1 Å². The number of methoxy groups -OCH3 is 1. The first-order valence-corrected chi connectivity index (χ1v) is 14.1. The zero-order valence-electron chi connectivity index (χ0n) is 23.2. The molecule has 4 amide bonds. The van der Waals surface area contributed by atoms with Gasteiger partial charge in [0.2, 0.25) is 11.8 Å². The fourth-order valence-electron chi connectivity index (χ4n) is 5.10. The molecule has 3 N–H and O–H groups in total. The molecule has 224 valence electrons. The number of carbonyl (C=O) groups excluding carboxylic acids is 4. The van der Waals surface area contributed by atoms with Crippen molar-refractivity contribution in [2.75, 3.05) is 36.2 Å². The maximum absolute atomic E-state index is 15.2. The first kappa shape index (κ1) is 29.8. The minimum absolute atomic E-state index is 0.0229. The van der Waals surface area contributed by atoms with E-state index in [0.717, 1.165) is 0 Å². The van der Waals surface area contributed by atoms with Crippen molar-refractivity contribution in [2.24, 2.45) is 0 Å². The van der Waals surface area contributed by atoms with Crippen LogP contribution in [0.3, 0.4) is 0 Å². The van der Waals surface area contributed by atoms with E-state index in [4.69, 9.17) is 21.3 Å². The summed E-state index contributed by atoms with van der Waals surface area (Å²) < 4.78 is 25.0. The van der Waals surface area contributed by atoms with Gasteiger partial charge in [0, 0.05) is 23.2 Å². The number of fused-ring (bicyclic) bond motifs is 5. The number of amides is 4. The molecule has 0 fully saturated rings. The maximum Gasteiger partial charge on any atom is 0.411 e. The summed E-state index contributed by atoms with van der Waals surface area (Å²) in [7, 11) is 1.25. The van der Waals surface area contributed by atoms with Gasteiger partial charge in [0.1, 0.15) is 12.4 Å². The lowest BCUT2D eigenvalue weighted by Crippen LogP contribution is -2.37. The van der Waals surface area contributed by atoms with Crippen molar-refractivity contribution >= 4 is 52.7 Å². The summed E-state index contributed by atoms with van der Waals surface area (Å²) in [6, 6.07) is 13.1. The van der Waals surface area contributed by atoms with Gasteiger partial charge in [-0.25, -0.2) is 14.0 Å². The van der Waals surface area contributed by atoms with Crippen LogP contribution in [-0.2, 0) is 25.6 Å². The number of nitrogens with one attached hydrogen (secondary N) is 3. The number of pyridine rings is 1. The second-order valence-corrected chi connectivity index (χ2v) is 10.5. The van der Waals surface area contributed by atoms with E-state index in [-0.39, 0.29) is 54.2 Å². The van der Waals surface area contributed by atoms with Crippen molar-refractivity contribution in [3.05, 3.63) is 70.6 Å². The van der Waals surface area contributed by atoms with E-state index in [1.54, 1.807) is 36.4 Å². The highest BCUT2D eigenvalue weighted by atomic mass is 35.5. The van der Waals surface area contributed by atoms with Crippen LogP contribution in [0, 0.1) is 5.82 Å². The van der Waals surface area contributed by atoms with Crippen molar-refractivity contribution in [2.45, 2.75) is 38.1 Å². The second kappa shape index (κ2) is 13.1. The lowest BCUT2D eigenvalue weighted by atomic mass is 9.94. The average molecular weight is 610 g/mol. The molecule has 2 aliphatic heterocycles. The van der Waals surface area contributed by atoms with E-state index in [2.05, 4.69) is 20.7 Å². The Balaban J connectivity index is 1.52. The molecular formula is C30H29ClFN5O6. The largest absolute Gasteiger partial charge is 0.453 e. The Kier molecular flexibility index (Phi) is 9.05. The average Bonchev–Trinajstić information content (AvgIpc) is 3.07. The number of ether oxygens (including phenoxy) is 2. The molecule has 0 radical (unpaired) electrons. The highest BCUT2D eigenvalue weighted by molar-refractivity contribution is 6.31. The molecule has 0 spiro atoms. The van der Waals surface area contributed by atoms with Crippen LogP contribution in [0.4, 0.5) is 31.0 Å². The summed E-state index contributed by atoms with van der Waals surface area (Å²) in [6.45, 7) is -0.229. The second-order valence-electron chi connectivity index (χ2n) is 10.1. The minimum Gasteiger partial charge on any atom is -0.453 e. The van der Waals surface area contributed by atoms with E-state index >= 15 is 4.39 Å². The summed E-state index contributed by atoms with van der Waals surface area (Å²) in [4.78, 5) is 57.2. The maximum atomic E-state index is 15.2. The van der Waals surface area contributed by atoms with E-state index in [0.29, 0.717) is 47.6 Å². The van der Waals surface area contributed by atoms with Gasteiger partial charge in [0.05, 0.1) is 53.9 Å². The molecule has 13 heteroatoms. The molecule has 0 aliphatic carbocycles. The van der Waals surface area contributed by atoms with Crippen molar-refractivity contribution in [1.82, 2.24) is 9.88 Å². The lowest BCUT2D eigenvalue weighted by Gasteiger charge is -2.28. The Bertz CT molecular complexity index is 1580. The van der Waals surface area contributed by atoms with E-state index in [9.17, 15) is 19.2 Å².